The molecular formula is C28H44FN5O4. The summed E-state index contributed by atoms with van der Waals surface area (Å²) in [5.74, 6) is -1.96. The molecule has 2 amide bonds. The van der Waals surface area contributed by atoms with Crippen LogP contribution in [0.25, 0.3) is 0 Å². The lowest BCUT2D eigenvalue weighted by Gasteiger charge is -2.12. The van der Waals surface area contributed by atoms with Crippen molar-refractivity contribution in [3.63, 3.8) is 0 Å². The molecule has 3 rings (SSSR count). The van der Waals surface area contributed by atoms with E-state index in [4.69, 9.17) is 15.2 Å². The molecule has 10 heteroatoms. The first-order valence-electron chi connectivity index (χ1n) is 13.2. The van der Waals surface area contributed by atoms with Gasteiger partial charge in [-0.25, -0.2) is 9.37 Å². The molecule has 0 saturated carbocycles. The van der Waals surface area contributed by atoms with Crippen LogP contribution in [0.5, 0.6) is 0 Å². The molecule has 2 heterocycles. The zero-order valence-corrected chi connectivity index (χ0v) is 23.3. The number of anilines is 1. The van der Waals surface area contributed by atoms with Crippen LogP contribution in [0.1, 0.15) is 63.5 Å². The zero-order valence-electron chi connectivity index (χ0n) is 23.3. The third kappa shape index (κ3) is 13.6. The van der Waals surface area contributed by atoms with Crippen molar-refractivity contribution in [1.29, 1.82) is 0 Å². The predicted octanol–water partition coefficient (Wildman–Crippen LogP) is 3.64. The summed E-state index contributed by atoms with van der Waals surface area (Å²) in [5.41, 5.74) is 6.12. The highest BCUT2D eigenvalue weighted by Gasteiger charge is 2.28. The van der Waals surface area contributed by atoms with Crippen molar-refractivity contribution in [3.05, 3.63) is 59.7 Å². The summed E-state index contributed by atoms with van der Waals surface area (Å²) in [6.45, 7) is 14.4. The first-order chi connectivity index (χ1) is 18.3. The van der Waals surface area contributed by atoms with Crippen LogP contribution in [0, 0.1) is 5.82 Å². The Kier molecular flexibility index (Phi) is 16.7. The van der Waals surface area contributed by atoms with E-state index in [0.29, 0.717) is 12.5 Å². The Morgan fingerprint density at radius 3 is 2.45 bits per heavy atom. The van der Waals surface area contributed by atoms with Gasteiger partial charge in [-0.2, -0.15) is 0 Å². The standard InChI is InChI=1S/C14H24N2O.C12H14FN3O3.C2H6/c1-13(2)16-9-11-17-10-8-15-12-14-6-4-3-5-7-14;1-6-2-3-10(19-6)12(18)16-8-4-9(11(14)17)15-5-7(8)13;1-2/h3-7,13,15-16H,8-12H2,1-2H3;4-6,10H,2-3H2,1H3,(H2,14,17)(H,15,16,18);1-2H3. The Morgan fingerprint density at radius 2 is 1.84 bits per heavy atom. The van der Waals surface area contributed by atoms with Gasteiger partial charge in [-0.05, 0) is 31.4 Å². The predicted molar refractivity (Wildman–Crippen MR) is 148 cm³/mol. The van der Waals surface area contributed by atoms with Crippen molar-refractivity contribution in [2.24, 2.45) is 5.73 Å². The number of nitrogens with zero attached hydrogens (tertiary/aromatic N) is 1. The van der Waals surface area contributed by atoms with Gasteiger partial charge in [0.1, 0.15) is 11.8 Å². The number of pyridine rings is 1. The lowest BCUT2D eigenvalue weighted by molar-refractivity contribution is -0.126. The normalized spacial score (nSPS) is 16.2. The van der Waals surface area contributed by atoms with Gasteiger partial charge in [0.25, 0.3) is 11.8 Å². The van der Waals surface area contributed by atoms with Crippen molar-refractivity contribution in [3.8, 4) is 0 Å². The summed E-state index contributed by atoms with van der Waals surface area (Å²) in [7, 11) is 0. The maximum atomic E-state index is 13.5. The number of carbonyl (C=O) groups is 2. The van der Waals surface area contributed by atoms with Gasteiger partial charge in [0.05, 0.1) is 31.2 Å². The summed E-state index contributed by atoms with van der Waals surface area (Å²) in [4.78, 5) is 26.3. The second-order valence-electron chi connectivity index (χ2n) is 8.80. The molecule has 1 aromatic heterocycles. The maximum Gasteiger partial charge on any atom is 0.267 e. The number of amides is 2. The van der Waals surface area contributed by atoms with Gasteiger partial charge in [-0.1, -0.05) is 58.0 Å². The SMILES string of the molecule is CC.CC(C)NCCOCCNCc1ccccc1.CC1CCC(C(=O)Nc2cc(C(N)=O)ncc2F)O1. The zero-order chi connectivity index (χ0) is 28.3. The number of rotatable bonds is 12. The van der Waals surface area contributed by atoms with Crippen molar-refractivity contribution in [2.75, 3.05) is 31.6 Å². The largest absolute Gasteiger partial charge is 0.379 e. The summed E-state index contributed by atoms with van der Waals surface area (Å²) in [6.07, 6.45) is 1.62. The Hall–Kier alpha value is -2.92. The molecule has 2 aromatic rings. The molecule has 0 spiro atoms. The molecule has 212 valence electrons. The number of hydrogen-bond acceptors (Lipinski definition) is 7. The minimum atomic E-state index is -0.791. The topological polar surface area (TPSA) is 128 Å². The van der Waals surface area contributed by atoms with Crippen LogP contribution in [-0.4, -0.2) is 61.4 Å². The van der Waals surface area contributed by atoms with E-state index in [0.717, 1.165) is 51.5 Å². The van der Waals surface area contributed by atoms with Crippen LogP contribution in [0.3, 0.4) is 0 Å². The lowest BCUT2D eigenvalue weighted by Crippen LogP contribution is -2.28. The van der Waals surface area contributed by atoms with Gasteiger partial charge in [0, 0.05) is 25.7 Å². The van der Waals surface area contributed by atoms with E-state index in [-0.39, 0.29) is 17.5 Å². The van der Waals surface area contributed by atoms with E-state index >= 15 is 0 Å². The summed E-state index contributed by atoms with van der Waals surface area (Å²) >= 11 is 0. The van der Waals surface area contributed by atoms with Gasteiger partial charge >= 0.3 is 0 Å². The van der Waals surface area contributed by atoms with Crippen molar-refractivity contribution in [2.45, 2.75) is 72.3 Å². The molecule has 9 nitrogen and oxygen atoms in total. The molecule has 38 heavy (non-hydrogen) atoms. The van der Waals surface area contributed by atoms with Gasteiger partial charge < -0.3 is 31.2 Å². The Morgan fingerprint density at radius 1 is 1.16 bits per heavy atom. The number of aromatic nitrogens is 1. The average molecular weight is 534 g/mol. The highest BCUT2D eigenvalue weighted by molar-refractivity contribution is 5.96. The molecule has 2 atom stereocenters. The smallest absolute Gasteiger partial charge is 0.267 e. The number of benzene rings is 1. The second kappa shape index (κ2) is 19.2. The van der Waals surface area contributed by atoms with Crippen molar-refractivity contribution >= 4 is 17.5 Å². The molecular weight excluding hydrogens is 489 g/mol. The van der Waals surface area contributed by atoms with Crippen LogP contribution in [0.4, 0.5) is 10.1 Å². The fourth-order valence-electron chi connectivity index (χ4n) is 3.37. The molecule has 2 unspecified atom stereocenters. The Labute approximate surface area is 226 Å². The number of nitrogens with two attached hydrogens (primary N) is 1. The van der Waals surface area contributed by atoms with Crippen molar-refractivity contribution < 1.29 is 23.5 Å². The third-order valence-electron chi connectivity index (χ3n) is 5.28. The van der Waals surface area contributed by atoms with E-state index in [1.165, 1.54) is 5.56 Å². The molecule has 1 saturated heterocycles. The number of nitrogens with one attached hydrogen (secondary N) is 3. The quantitative estimate of drug-likeness (QED) is 0.307. The number of primary amides is 1. The molecule has 1 aliphatic heterocycles. The lowest BCUT2D eigenvalue weighted by atomic mass is 10.2. The minimum Gasteiger partial charge on any atom is -0.379 e. The van der Waals surface area contributed by atoms with Crippen molar-refractivity contribution in [1.82, 2.24) is 15.6 Å². The summed E-state index contributed by atoms with van der Waals surface area (Å²) in [5, 5.41) is 9.05. The van der Waals surface area contributed by atoms with E-state index in [9.17, 15) is 14.0 Å². The minimum absolute atomic E-state index is 0.0132. The molecule has 1 aliphatic rings. The average Bonchev–Trinajstić information content (AvgIpc) is 3.35. The Balaban J connectivity index is 0.000000359. The van der Waals surface area contributed by atoms with Gasteiger partial charge in [0.2, 0.25) is 0 Å². The molecule has 0 bridgehead atoms. The first kappa shape index (κ1) is 33.1. The first-order valence-corrected chi connectivity index (χ1v) is 13.2. The van der Waals surface area contributed by atoms with Crippen LogP contribution in [0.15, 0.2) is 42.6 Å². The number of hydrogen-bond donors (Lipinski definition) is 4. The van der Waals surface area contributed by atoms with Gasteiger partial charge in [-0.15, -0.1) is 0 Å². The van der Waals surface area contributed by atoms with E-state index < -0.39 is 23.7 Å². The highest BCUT2D eigenvalue weighted by Crippen LogP contribution is 2.21. The molecule has 1 fully saturated rings. The van der Waals surface area contributed by atoms with Crippen LogP contribution < -0.4 is 21.7 Å². The van der Waals surface area contributed by atoms with E-state index in [1.54, 1.807) is 0 Å². The third-order valence-corrected chi connectivity index (χ3v) is 5.28. The summed E-state index contributed by atoms with van der Waals surface area (Å²) < 4.78 is 24.4. The number of ether oxygens (including phenoxy) is 2. The molecule has 1 aromatic carbocycles. The van der Waals surface area contributed by atoms with Crippen LogP contribution >= 0.6 is 0 Å². The van der Waals surface area contributed by atoms with Gasteiger partial charge in [-0.3, -0.25) is 9.59 Å². The molecule has 0 aliphatic carbocycles. The maximum absolute atomic E-state index is 13.5. The molecule has 0 radical (unpaired) electrons. The number of halogens is 1. The molecule has 5 N–H and O–H groups in total. The van der Waals surface area contributed by atoms with Crippen LogP contribution in [0.2, 0.25) is 0 Å². The highest BCUT2D eigenvalue weighted by atomic mass is 19.1. The fraction of sp³-hybridized carbons (Fsp3) is 0.536. The second-order valence-corrected chi connectivity index (χ2v) is 8.80. The van der Waals surface area contributed by atoms with Crippen LogP contribution in [-0.2, 0) is 20.8 Å². The van der Waals surface area contributed by atoms with Gasteiger partial charge in [0.15, 0.2) is 5.82 Å². The van der Waals surface area contributed by atoms with E-state index in [1.807, 2.05) is 26.8 Å². The fourth-order valence-corrected chi connectivity index (χ4v) is 3.37. The summed E-state index contributed by atoms with van der Waals surface area (Å²) in [6, 6.07) is 12.1. The Bertz CT molecular complexity index is 946. The van der Waals surface area contributed by atoms with E-state index in [2.05, 4.69) is 59.0 Å². The number of carbonyl (C=O) groups excluding carboxylic acids is 2. The monoisotopic (exact) mass is 533 g/mol.